The van der Waals surface area contributed by atoms with E-state index >= 15 is 0 Å². The molecule has 1 aliphatic rings. The van der Waals surface area contributed by atoms with Crippen molar-refractivity contribution in [2.45, 2.75) is 32.2 Å². The zero-order chi connectivity index (χ0) is 15.8. The van der Waals surface area contributed by atoms with Crippen molar-refractivity contribution < 1.29 is 8.91 Å². The highest BCUT2D eigenvalue weighted by Crippen LogP contribution is 2.35. The molecule has 0 saturated carbocycles. The van der Waals surface area contributed by atoms with Crippen LogP contribution < -0.4 is 4.90 Å². The van der Waals surface area contributed by atoms with Gasteiger partial charge in [-0.05, 0) is 50.5 Å². The maximum atomic E-state index is 13.2. The average molecular weight is 312 g/mol. The van der Waals surface area contributed by atoms with Crippen LogP contribution in [-0.4, -0.2) is 27.7 Å². The van der Waals surface area contributed by atoms with Crippen LogP contribution in [0.5, 0.6) is 0 Å². The summed E-state index contributed by atoms with van der Waals surface area (Å²) in [6, 6.07) is 6.65. The van der Waals surface area contributed by atoms with Gasteiger partial charge in [0, 0.05) is 18.2 Å². The minimum Gasteiger partial charge on any atom is -0.353 e. The Labute approximate surface area is 133 Å². The van der Waals surface area contributed by atoms with Crippen LogP contribution in [0.25, 0.3) is 22.4 Å². The summed E-state index contributed by atoms with van der Waals surface area (Å²) in [7, 11) is 0. The van der Waals surface area contributed by atoms with Gasteiger partial charge < -0.3 is 9.42 Å². The Hall–Kier alpha value is -2.50. The molecule has 0 radical (unpaired) electrons. The van der Waals surface area contributed by atoms with E-state index in [4.69, 9.17) is 4.52 Å². The topological polar surface area (TPSA) is 55.1 Å². The predicted octanol–water partition coefficient (Wildman–Crippen LogP) is 3.80. The average Bonchev–Trinajstić information content (AvgIpc) is 3.00. The van der Waals surface area contributed by atoms with Crippen LogP contribution in [0, 0.1) is 5.82 Å². The van der Waals surface area contributed by atoms with Gasteiger partial charge in [0.05, 0.1) is 0 Å². The molecule has 3 aromatic rings. The number of hydrogen-bond donors (Lipinski definition) is 0. The van der Waals surface area contributed by atoms with E-state index in [9.17, 15) is 4.39 Å². The lowest BCUT2D eigenvalue weighted by Gasteiger charge is -2.34. The molecule has 5 nitrogen and oxygen atoms in total. The number of piperidine rings is 1. The van der Waals surface area contributed by atoms with Crippen molar-refractivity contribution in [3.05, 3.63) is 36.4 Å². The molecular formula is C17H17FN4O. The fourth-order valence-corrected chi connectivity index (χ4v) is 3.21. The zero-order valence-corrected chi connectivity index (χ0v) is 12.9. The van der Waals surface area contributed by atoms with E-state index in [0.717, 1.165) is 36.2 Å². The lowest BCUT2D eigenvalue weighted by atomic mass is 10.0. The van der Waals surface area contributed by atoms with Gasteiger partial charge in [0.1, 0.15) is 29.0 Å². The summed E-state index contributed by atoms with van der Waals surface area (Å²) in [6.45, 7) is 3.17. The zero-order valence-electron chi connectivity index (χ0n) is 12.9. The molecular weight excluding hydrogens is 295 g/mol. The molecule has 23 heavy (non-hydrogen) atoms. The molecule has 118 valence electrons. The van der Waals surface area contributed by atoms with Gasteiger partial charge in [0.2, 0.25) is 0 Å². The van der Waals surface area contributed by atoms with Crippen molar-refractivity contribution in [3.8, 4) is 11.3 Å². The molecule has 1 fully saturated rings. The van der Waals surface area contributed by atoms with E-state index < -0.39 is 0 Å². The third-order valence-electron chi connectivity index (χ3n) is 4.45. The summed E-state index contributed by atoms with van der Waals surface area (Å²) in [5.41, 5.74) is 1.92. The molecule has 2 aromatic heterocycles. The Kier molecular flexibility index (Phi) is 3.44. The summed E-state index contributed by atoms with van der Waals surface area (Å²) in [6.07, 6.45) is 5.04. The van der Waals surface area contributed by atoms with E-state index in [0.29, 0.717) is 17.4 Å². The molecule has 6 heteroatoms. The number of halogens is 1. The lowest BCUT2D eigenvalue weighted by Crippen LogP contribution is -2.38. The molecule has 3 heterocycles. The quantitative estimate of drug-likeness (QED) is 0.720. The van der Waals surface area contributed by atoms with E-state index in [2.05, 4.69) is 26.9 Å². The van der Waals surface area contributed by atoms with Crippen molar-refractivity contribution in [1.82, 2.24) is 15.1 Å². The van der Waals surface area contributed by atoms with Gasteiger partial charge in [-0.1, -0.05) is 5.16 Å². The first-order valence-corrected chi connectivity index (χ1v) is 7.87. The first kappa shape index (κ1) is 14.1. The minimum absolute atomic E-state index is 0.275. The number of fused-ring (bicyclic) bond motifs is 1. The van der Waals surface area contributed by atoms with E-state index in [1.165, 1.54) is 24.9 Å². The predicted molar refractivity (Wildman–Crippen MR) is 85.7 cm³/mol. The Balaban J connectivity index is 1.88. The molecule has 0 N–H and O–H groups in total. The standard InChI is InChI=1S/C17H17FN4O/c1-11-4-2-3-9-22(11)16-14-15(12-5-7-13(18)8-6-12)21-23-17(14)20-10-19-16/h5-8,10-11H,2-4,9H2,1H3/t11-/m0/s1. The van der Waals surface area contributed by atoms with Crippen LogP contribution in [0.3, 0.4) is 0 Å². The van der Waals surface area contributed by atoms with Gasteiger partial charge in [-0.25, -0.2) is 9.37 Å². The molecule has 1 aromatic carbocycles. The molecule has 0 unspecified atom stereocenters. The van der Waals surface area contributed by atoms with Crippen molar-refractivity contribution >= 4 is 16.9 Å². The van der Waals surface area contributed by atoms with Crippen molar-refractivity contribution in [1.29, 1.82) is 0 Å². The molecule has 0 aliphatic carbocycles. The highest BCUT2D eigenvalue weighted by atomic mass is 19.1. The lowest BCUT2D eigenvalue weighted by molar-refractivity contribution is 0.451. The number of anilines is 1. The SMILES string of the molecule is C[C@H]1CCCCN1c1ncnc2onc(-c3ccc(F)cc3)c12. The van der Waals surface area contributed by atoms with E-state index in [-0.39, 0.29) is 5.82 Å². The molecule has 1 saturated heterocycles. The highest BCUT2D eigenvalue weighted by Gasteiger charge is 2.25. The molecule has 4 rings (SSSR count). The second-order valence-electron chi connectivity index (χ2n) is 5.95. The Morgan fingerprint density at radius 3 is 2.78 bits per heavy atom. The molecule has 1 aliphatic heterocycles. The number of hydrogen-bond acceptors (Lipinski definition) is 5. The third-order valence-corrected chi connectivity index (χ3v) is 4.45. The van der Waals surface area contributed by atoms with Gasteiger partial charge in [-0.15, -0.1) is 0 Å². The summed E-state index contributed by atoms with van der Waals surface area (Å²) in [4.78, 5) is 11.0. The van der Waals surface area contributed by atoms with Gasteiger partial charge in [0.15, 0.2) is 0 Å². The third kappa shape index (κ3) is 2.44. The number of rotatable bonds is 2. The molecule has 0 bridgehead atoms. The maximum Gasteiger partial charge on any atom is 0.263 e. The monoisotopic (exact) mass is 312 g/mol. The number of nitrogens with zero attached hydrogens (tertiary/aromatic N) is 4. The second kappa shape index (κ2) is 5.61. The summed E-state index contributed by atoms with van der Waals surface area (Å²) in [5.74, 6) is 0.574. The summed E-state index contributed by atoms with van der Waals surface area (Å²) < 4.78 is 18.6. The smallest absolute Gasteiger partial charge is 0.263 e. The van der Waals surface area contributed by atoms with Crippen molar-refractivity contribution in [2.75, 3.05) is 11.4 Å². The van der Waals surface area contributed by atoms with Gasteiger partial charge >= 0.3 is 0 Å². The maximum absolute atomic E-state index is 13.2. The van der Waals surface area contributed by atoms with Crippen LogP contribution >= 0.6 is 0 Å². The van der Waals surface area contributed by atoms with Crippen LogP contribution in [0.15, 0.2) is 35.1 Å². The Morgan fingerprint density at radius 2 is 2.00 bits per heavy atom. The summed E-state index contributed by atoms with van der Waals surface area (Å²) in [5, 5.41) is 4.95. The first-order valence-electron chi connectivity index (χ1n) is 7.87. The van der Waals surface area contributed by atoms with Gasteiger partial charge in [-0.3, -0.25) is 0 Å². The molecule has 0 spiro atoms. The number of aromatic nitrogens is 3. The van der Waals surface area contributed by atoms with Crippen molar-refractivity contribution in [2.24, 2.45) is 0 Å². The largest absolute Gasteiger partial charge is 0.353 e. The van der Waals surface area contributed by atoms with Gasteiger partial charge in [0.25, 0.3) is 5.71 Å². The summed E-state index contributed by atoms with van der Waals surface area (Å²) >= 11 is 0. The Bertz CT molecular complexity index is 830. The van der Waals surface area contributed by atoms with Crippen LogP contribution in [0.4, 0.5) is 10.2 Å². The van der Waals surface area contributed by atoms with E-state index in [1.807, 2.05) is 0 Å². The second-order valence-corrected chi connectivity index (χ2v) is 5.95. The van der Waals surface area contributed by atoms with E-state index in [1.54, 1.807) is 12.1 Å². The normalized spacial score (nSPS) is 18.5. The molecule has 1 atom stereocenters. The first-order chi connectivity index (χ1) is 11.2. The fourth-order valence-electron chi connectivity index (χ4n) is 3.21. The van der Waals surface area contributed by atoms with Crippen LogP contribution in [0.1, 0.15) is 26.2 Å². The minimum atomic E-state index is -0.275. The molecule has 0 amide bonds. The van der Waals surface area contributed by atoms with Crippen LogP contribution in [-0.2, 0) is 0 Å². The Morgan fingerprint density at radius 1 is 1.17 bits per heavy atom. The van der Waals surface area contributed by atoms with Crippen molar-refractivity contribution in [3.63, 3.8) is 0 Å². The van der Waals surface area contributed by atoms with Gasteiger partial charge in [-0.2, -0.15) is 4.98 Å². The van der Waals surface area contributed by atoms with Crippen LogP contribution in [0.2, 0.25) is 0 Å². The highest BCUT2D eigenvalue weighted by molar-refractivity contribution is 5.97. The fraction of sp³-hybridized carbons (Fsp3) is 0.353. The number of benzene rings is 1.